The first-order chi connectivity index (χ1) is 19.2. The Balaban J connectivity index is 1.22. The third-order valence-corrected chi connectivity index (χ3v) is 11.8. The van der Waals surface area contributed by atoms with E-state index in [0.717, 1.165) is 5.56 Å². The van der Waals surface area contributed by atoms with Crippen molar-refractivity contribution in [2.75, 3.05) is 13.1 Å². The number of carbonyl (C=O) groups excluding carboxylic acids is 1. The molecule has 3 aliphatic carbocycles. The summed E-state index contributed by atoms with van der Waals surface area (Å²) in [5.41, 5.74) is -0.989. The van der Waals surface area contributed by atoms with E-state index >= 15 is 0 Å². The molecule has 1 amide bonds. The minimum Gasteiger partial charge on any atom is -0.360 e. The van der Waals surface area contributed by atoms with Gasteiger partial charge in [0.05, 0.1) is 20.5 Å². The molecule has 1 atom stereocenters. The van der Waals surface area contributed by atoms with Crippen LogP contribution in [0.2, 0.25) is 10.0 Å². The van der Waals surface area contributed by atoms with Crippen LogP contribution in [0, 0.1) is 5.41 Å². The highest BCUT2D eigenvalue weighted by Crippen LogP contribution is 2.71. The Morgan fingerprint density at radius 1 is 1.05 bits per heavy atom. The highest BCUT2D eigenvalue weighted by Gasteiger charge is 2.75. The Kier molecular flexibility index (Phi) is 6.77. The molecule has 7 nitrogen and oxygen atoms in total. The van der Waals surface area contributed by atoms with Gasteiger partial charge >= 0.3 is 0 Å². The summed E-state index contributed by atoms with van der Waals surface area (Å²) in [6.45, 7) is 3.91. The molecule has 1 saturated heterocycles. The lowest BCUT2D eigenvalue weighted by Gasteiger charge is -2.72. The number of alkyl halides is 2. The van der Waals surface area contributed by atoms with Crippen LogP contribution in [-0.2, 0) is 21.4 Å². The number of hydrogen-bond donors (Lipinski definition) is 1. The second kappa shape index (κ2) is 9.62. The lowest BCUT2D eigenvalue weighted by Crippen LogP contribution is -2.78. The first-order valence-electron chi connectivity index (χ1n) is 13.7. The number of benzene rings is 2. The molecule has 0 aromatic heterocycles. The second-order valence-electron chi connectivity index (χ2n) is 12.5. The normalized spacial score (nSPS) is 29.8. The molecule has 0 spiro atoms. The van der Waals surface area contributed by atoms with Crippen LogP contribution in [0.4, 0.5) is 8.78 Å². The van der Waals surface area contributed by atoms with Crippen LogP contribution in [0.15, 0.2) is 58.4 Å². The van der Waals surface area contributed by atoms with Gasteiger partial charge in [0, 0.05) is 43.4 Å². The average Bonchev–Trinajstić information content (AvgIpc) is 3.18. The molecule has 2 bridgehead atoms. The fourth-order valence-electron chi connectivity index (χ4n) is 6.85. The molecule has 41 heavy (non-hydrogen) atoms. The molecular weight excluding hydrogens is 593 g/mol. The van der Waals surface area contributed by atoms with Gasteiger partial charge in [0.25, 0.3) is 5.92 Å². The first kappa shape index (κ1) is 28.8. The Morgan fingerprint density at radius 2 is 1.68 bits per heavy atom. The molecule has 1 N–H and O–H groups in total. The Labute approximate surface area is 248 Å². The number of carbonyl (C=O) groups is 1. The Hall–Kier alpha value is -2.27. The highest BCUT2D eigenvalue weighted by atomic mass is 35.5. The summed E-state index contributed by atoms with van der Waals surface area (Å²) in [6.07, 6.45) is 1.01. The van der Waals surface area contributed by atoms with E-state index in [9.17, 15) is 22.0 Å². The van der Waals surface area contributed by atoms with E-state index in [0.29, 0.717) is 35.1 Å². The minimum atomic E-state index is -3.85. The number of nitrogens with one attached hydrogen (secondary N) is 1. The number of hydrogen-bond acceptors (Lipinski definition) is 5. The van der Waals surface area contributed by atoms with Gasteiger partial charge in [0.15, 0.2) is 0 Å². The molecule has 2 aliphatic heterocycles. The number of sulfonamides is 1. The zero-order valence-corrected chi connectivity index (χ0v) is 25.2. The number of likely N-dealkylation sites (tertiary alicyclic amines) is 1. The van der Waals surface area contributed by atoms with Gasteiger partial charge in [-0.25, -0.2) is 17.2 Å². The molecule has 0 radical (unpaired) electrons. The van der Waals surface area contributed by atoms with E-state index in [2.05, 4.69) is 5.32 Å². The third-order valence-electron chi connectivity index (χ3n) is 9.12. The van der Waals surface area contributed by atoms with E-state index in [1.807, 2.05) is 13.8 Å². The quantitative estimate of drug-likeness (QED) is 0.440. The standard InChI is InChI=1S/C29H32Cl2F2N4O3S/c1-26(2)23(24(38)36-12-10-29(32,33)11-13-36)34-25(35-26)27-16-28(17-27,18-27)37(15-19-8-9-21(30)22(31)14-19)41(39,40)20-6-4-3-5-7-20/h3-9,14,23H,10-13,15-18H2,1-2H3,(H,34,35)/t23-,27?,28?/m0/s1. The van der Waals surface area contributed by atoms with Gasteiger partial charge in [0.2, 0.25) is 15.9 Å². The molecule has 4 fully saturated rings. The van der Waals surface area contributed by atoms with Crippen LogP contribution in [0.3, 0.4) is 0 Å². The summed E-state index contributed by atoms with van der Waals surface area (Å²) in [4.78, 5) is 20.0. The van der Waals surface area contributed by atoms with Crippen molar-refractivity contribution in [3.63, 3.8) is 0 Å². The summed E-state index contributed by atoms with van der Waals surface area (Å²) < 4.78 is 56.9. The van der Waals surface area contributed by atoms with Crippen LogP contribution in [-0.4, -0.2) is 65.5 Å². The van der Waals surface area contributed by atoms with Gasteiger partial charge in [-0.2, -0.15) is 4.31 Å². The summed E-state index contributed by atoms with van der Waals surface area (Å²) >= 11 is 12.4. The van der Waals surface area contributed by atoms with Crippen molar-refractivity contribution >= 4 is 45.0 Å². The predicted molar refractivity (Wildman–Crippen MR) is 154 cm³/mol. The van der Waals surface area contributed by atoms with Crippen molar-refractivity contribution in [1.29, 1.82) is 0 Å². The van der Waals surface area contributed by atoms with Crippen LogP contribution in [0.25, 0.3) is 0 Å². The number of aliphatic imine (C=N–C) groups is 1. The van der Waals surface area contributed by atoms with Crippen LogP contribution in [0.5, 0.6) is 0 Å². The first-order valence-corrected chi connectivity index (χ1v) is 15.9. The van der Waals surface area contributed by atoms with E-state index in [4.69, 9.17) is 28.2 Å². The fraction of sp³-hybridized carbons (Fsp3) is 0.517. The van der Waals surface area contributed by atoms with E-state index < -0.39 is 33.1 Å². The number of amidine groups is 1. The Bertz CT molecular complexity index is 1500. The molecule has 12 heteroatoms. The van der Waals surface area contributed by atoms with Crippen molar-refractivity contribution in [2.45, 2.75) is 80.4 Å². The molecule has 220 valence electrons. The van der Waals surface area contributed by atoms with Crippen LogP contribution < -0.4 is 5.32 Å². The summed E-state index contributed by atoms with van der Waals surface area (Å²) in [5, 5.41) is 4.09. The summed E-state index contributed by atoms with van der Waals surface area (Å²) in [5.74, 6) is -2.25. The third kappa shape index (κ3) is 4.84. The largest absolute Gasteiger partial charge is 0.360 e. The smallest absolute Gasteiger partial charge is 0.251 e. The van der Waals surface area contributed by atoms with Gasteiger partial charge in [-0.05, 0) is 62.9 Å². The van der Waals surface area contributed by atoms with Crippen LogP contribution in [0.1, 0.15) is 51.5 Å². The zero-order chi connectivity index (χ0) is 29.4. The number of piperidine rings is 1. The molecule has 7 rings (SSSR count). The summed E-state index contributed by atoms with van der Waals surface area (Å²) in [7, 11) is -3.85. The SMILES string of the molecule is CC1(C)N=C(C23CC(N(Cc4ccc(Cl)c(Cl)c4)S(=O)(=O)c4ccccc4)(C2)C3)N[C@H]1C(=O)N1CCC(F)(F)CC1. The van der Waals surface area contributed by atoms with Gasteiger partial charge in [-0.15, -0.1) is 0 Å². The second-order valence-corrected chi connectivity index (χ2v) is 15.2. The van der Waals surface area contributed by atoms with Gasteiger partial charge in [-0.3, -0.25) is 9.79 Å². The maximum atomic E-state index is 14.0. The molecule has 3 saturated carbocycles. The van der Waals surface area contributed by atoms with Gasteiger partial charge < -0.3 is 10.2 Å². The number of nitrogens with zero attached hydrogens (tertiary/aromatic N) is 3. The molecule has 5 aliphatic rings. The average molecular weight is 626 g/mol. The Morgan fingerprint density at radius 3 is 2.29 bits per heavy atom. The molecule has 0 unspecified atom stereocenters. The van der Waals surface area contributed by atoms with Crippen molar-refractivity contribution < 1.29 is 22.0 Å². The molecule has 2 heterocycles. The lowest BCUT2D eigenvalue weighted by atomic mass is 9.38. The maximum absolute atomic E-state index is 14.0. The molecule has 2 aromatic carbocycles. The van der Waals surface area contributed by atoms with E-state index in [-0.39, 0.29) is 48.7 Å². The van der Waals surface area contributed by atoms with Gasteiger partial charge in [0.1, 0.15) is 11.9 Å². The lowest BCUT2D eigenvalue weighted by molar-refractivity contribution is -0.151. The van der Waals surface area contributed by atoms with Crippen molar-refractivity contribution in [2.24, 2.45) is 10.4 Å². The topological polar surface area (TPSA) is 82.1 Å². The molecular formula is C29H32Cl2F2N4O3S. The van der Waals surface area contributed by atoms with Crippen molar-refractivity contribution in [3.05, 3.63) is 64.1 Å². The maximum Gasteiger partial charge on any atom is 0.251 e. The predicted octanol–water partition coefficient (Wildman–Crippen LogP) is 5.51. The highest BCUT2D eigenvalue weighted by molar-refractivity contribution is 7.89. The molecule has 2 aromatic rings. The van der Waals surface area contributed by atoms with E-state index in [1.165, 1.54) is 4.90 Å². The van der Waals surface area contributed by atoms with Crippen molar-refractivity contribution in [3.8, 4) is 0 Å². The number of amides is 1. The zero-order valence-electron chi connectivity index (χ0n) is 22.8. The van der Waals surface area contributed by atoms with Crippen molar-refractivity contribution in [1.82, 2.24) is 14.5 Å². The van der Waals surface area contributed by atoms with Gasteiger partial charge in [-0.1, -0.05) is 47.5 Å². The number of rotatable bonds is 7. The minimum absolute atomic E-state index is 0.0186. The monoisotopic (exact) mass is 624 g/mol. The fourth-order valence-corrected chi connectivity index (χ4v) is 8.95. The van der Waals surface area contributed by atoms with Crippen LogP contribution >= 0.6 is 23.2 Å². The summed E-state index contributed by atoms with van der Waals surface area (Å²) in [6, 6.07) is 12.8. The number of halogens is 4. The van der Waals surface area contributed by atoms with E-state index in [1.54, 1.807) is 52.8 Å².